The molecule has 2 heteroatoms. The topological polar surface area (TPSA) is 16.4 Å². The highest BCUT2D eigenvalue weighted by atomic mass is 16.3. The summed E-state index contributed by atoms with van der Waals surface area (Å²) in [7, 11) is 0. The molecule has 0 radical (unpaired) electrons. The Balaban J connectivity index is 1.03. The fourth-order valence-corrected chi connectivity index (χ4v) is 8.73. The predicted octanol–water partition coefficient (Wildman–Crippen LogP) is 16.5. The van der Waals surface area contributed by atoms with Gasteiger partial charge in [-0.15, -0.1) is 0 Å². The van der Waals surface area contributed by atoms with Crippen LogP contribution in [0.2, 0.25) is 0 Å². The largest absolute Gasteiger partial charge is 0.456 e. The second-order valence-electron chi connectivity index (χ2n) is 15.3. The first-order valence-electron chi connectivity index (χ1n) is 20.5. The number of benzene rings is 10. The Hall–Kier alpha value is -7.94. The third-order valence-electron chi connectivity index (χ3n) is 11.7. The normalized spacial score (nSPS) is 11.3. The second kappa shape index (κ2) is 15.1. The average molecular weight is 766 g/mol. The molecule has 0 aliphatic carbocycles. The van der Waals surface area contributed by atoms with Gasteiger partial charge in [0.15, 0.2) is 0 Å². The molecule has 0 N–H and O–H groups in total. The van der Waals surface area contributed by atoms with Gasteiger partial charge >= 0.3 is 0 Å². The molecule has 0 unspecified atom stereocenters. The van der Waals surface area contributed by atoms with E-state index in [1.165, 1.54) is 49.7 Å². The number of furan rings is 1. The summed E-state index contributed by atoms with van der Waals surface area (Å²) in [5.41, 5.74) is 16.8. The Morgan fingerprint density at radius 2 is 0.750 bits per heavy atom. The Labute approximate surface area is 349 Å². The van der Waals surface area contributed by atoms with E-state index in [0.717, 1.165) is 55.7 Å². The summed E-state index contributed by atoms with van der Waals surface area (Å²) < 4.78 is 6.31. The van der Waals surface area contributed by atoms with E-state index in [4.69, 9.17) is 4.42 Å². The molecule has 1 heterocycles. The van der Waals surface area contributed by atoms with E-state index in [2.05, 4.69) is 229 Å². The molecule has 10 aromatic carbocycles. The summed E-state index contributed by atoms with van der Waals surface area (Å²) in [6.07, 6.45) is 0. The SMILES string of the molecule is c1ccc(-c2cc(-c3ccccc3)cc(-c3ccc(N(c4ccc(-c5cccc6ccccc56)cc4)c4cccc(-c5cccc6oc7ccccc7c56)c4)cc3)c2)cc1. The van der Waals surface area contributed by atoms with Crippen molar-refractivity contribution in [2.75, 3.05) is 4.90 Å². The lowest BCUT2D eigenvalue weighted by atomic mass is 9.93. The zero-order valence-corrected chi connectivity index (χ0v) is 32.9. The van der Waals surface area contributed by atoms with Gasteiger partial charge in [0.1, 0.15) is 11.2 Å². The predicted molar refractivity (Wildman–Crippen MR) is 253 cm³/mol. The number of nitrogens with zero attached hydrogens (tertiary/aromatic N) is 1. The third kappa shape index (κ3) is 6.51. The van der Waals surface area contributed by atoms with Gasteiger partial charge in [0, 0.05) is 27.8 Å². The minimum Gasteiger partial charge on any atom is -0.456 e. The molecule has 0 amide bonds. The van der Waals surface area contributed by atoms with E-state index >= 15 is 0 Å². The quantitative estimate of drug-likeness (QED) is 0.153. The smallest absolute Gasteiger partial charge is 0.136 e. The number of rotatable bonds is 8. The summed E-state index contributed by atoms with van der Waals surface area (Å²) in [6.45, 7) is 0. The Kier molecular flexibility index (Phi) is 8.87. The van der Waals surface area contributed by atoms with E-state index in [-0.39, 0.29) is 0 Å². The monoisotopic (exact) mass is 765 g/mol. The Morgan fingerprint density at radius 3 is 1.43 bits per heavy atom. The second-order valence-corrected chi connectivity index (χ2v) is 15.3. The van der Waals surface area contributed by atoms with Gasteiger partial charge in [0.2, 0.25) is 0 Å². The number of hydrogen-bond acceptors (Lipinski definition) is 2. The molecular weight excluding hydrogens is 727 g/mol. The van der Waals surface area contributed by atoms with Crippen LogP contribution < -0.4 is 4.90 Å². The molecule has 0 saturated carbocycles. The van der Waals surface area contributed by atoms with Crippen LogP contribution in [0.5, 0.6) is 0 Å². The standard InChI is InChI=1S/C58H39NO/c1-3-14-40(15-4-1)46-36-47(41-16-5-2-6-17-41)38-48(37-46)42-28-32-49(33-29-42)59(50-34-30-44(31-35-50)53-24-12-19-43-18-7-8-22-52(43)53)51-21-11-20-45(39-51)54-25-13-27-57-58(54)55-23-9-10-26-56(55)60-57/h1-39H. The van der Waals surface area contributed by atoms with Crippen LogP contribution in [0, 0.1) is 0 Å². The first kappa shape index (κ1) is 35.2. The van der Waals surface area contributed by atoms with Crippen LogP contribution in [-0.4, -0.2) is 0 Å². The molecule has 1 aromatic heterocycles. The summed E-state index contributed by atoms with van der Waals surface area (Å²) >= 11 is 0. The van der Waals surface area contributed by atoms with Crippen LogP contribution >= 0.6 is 0 Å². The first-order chi connectivity index (χ1) is 29.7. The van der Waals surface area contributed by atoms with Crippen LogP contribution in [0.4, 0.5) is 17.1 Å². The summed E-state index contributed by atoms with van der Waals surface area (Å²) in [5, 5.41) is 4.74. The molecule has 282 valence electrons. The lowest BCUT2D eigenvalue weighted by Crippen LogP contribution is -2.10. The maximum atomic E-state index is 6.31. The highest BCUT2D eigenvalue weighted by Gasteiger charge is 2.18. The number of hydrogen-bond donors (Lipinski definition) is 0. The molecule has 11 aromatic rings. The highest BCUT2D eigenvalue weighted by Crippen LogP contribution is 2.42. The van der Waals surface area contributed by atoms with Gasteiger partial charge in [-0.3, -0.25) is 0 Å². The number of anilines is 3. The molecule has 0 bridgehead atoms. The number of fused-ring (bicyclic) bond motifs is 4. The lowest BCUT2D eigenvalue weighted by Gasteiger charge is -2.26. The van der Waals surface area contributed by atoms with Crippen molar-refractivity contribution < 1.29 is 4.42 Å². The molecule has 0 aliphatic heterocycles. The maximum Gasteiger partial charge on any atom is 0.136 e. The van der Waals surface area contributed by atoms with Crippen molar-refractivity contribution in [3.8, 4) is 55.6 Å². The molecular formula is C58H39NO. The fourth-order valence-electron chi connectivity index (χ4n) is 8.73. The Bertz CT molecular complexity index is 3230. The minimum absolute atomic E-state index is 0.891. The van der Waals surface area contributed by atoms with Crippen molar-refractivity contribution >= 4 is 49.8 Å². The van der Waals surface area contributed by atoms with Crippen molar-refractivity contribution in [2.24, 2.45) is 0 Å². The van der Waals surface area contributed by atoms with E-state index in [1.54, 1.807) is 0 Å². The first-order valence-corrected chi connectivity index (χ1v) is 20.5. The zero-order chi connectivity index (χ0) is 39.8. The molecule has 0 fully saturated rings. The Morgan fingerprint density at radius 1 is 0.267 bits per heavy atom. The summed E-state index contributed by atoms with van der Waals surface area (Å²) in [5.74, 6) is 0. The highest BCUT2D eigenvalue weighted by molar-refractivity contribution is 6.12. The molecule has 60 heavy (non-hydrogen) atoms. The molecule has 0 atom stereocenters. The molecule has 11 rings (SSSR count). The lowest BCUT2D eigenvalue weighted by molar-refractivity contribution is 0.669. The van der Waals surface area contributed by atoms with Gasteiger partial charge in [-0.25, -0.2) is 0 Å². The minimum atomic E-state index is 0.891. The van der Waals surface area contributed by atoms with Gasteiger partial charge in [-0.1, -0.05) is 170 Å². The van der Waals surface area contributed by atoms with Crippen LogP contribution in [0.3, 0.4) is 0 Å². The molecule has 2 nitrogen and oxygen atoms in total. The van der Waals surface area contributed by atoms with Gasteiger partial charge in [0.05, 0.1) is 0 Å². The molecule has 0 aliphatic rings. The van der Waals surface area contributed by atoms with Crippen molar-refractivity contribution in [1.82, 2.24) is 0 Å². The van der Waals surface area contributed by atoms with Gasteiger partial charge in [0.25, 0.3) is 0 Å². The van der Waals surface area contributed by atoms with Crippen molar-refractivity contribution in [3.63, 3.8) is 0 Å². The van der Waals surface area contributed by atoms with E-state index in [1.807, 2.05) is 12.1 Å². The summed E-state index contributed by atoms with van der Waals surface area (Å²) in [6, 6.07) is 84.9. The van der Waals surface area contributed by atoms with Crippen molar-refractivity contribution in [3.05, 3.63) is 237 Å². The average Bonchev–Trinajstić information content (AvgIpc) is 3.72. The van der Waals surface area contributed by atoms with Crippen LogP contribution in [0.15, 0.2) is 241 Å². The summed E-state index contributed by atoms with van der Waals surface area (Å²) in [4.78, 5) is 2.36. The number of para-hydroxylation sites is 1. The van der Waals surface area contributed by atoms with Crippen molar-refractivity contribution in [1.29, 1.82) is 0 Å². The van der Waals surface area contributed by atoms with E-state index in [9.17, 15) is 0 Å². The molecule has 0 saturated heterocycles. The van der Waals surface area contributed by atoms with Crippen molar-refractivity contribution in [2.45, 2.75) is 0 Å². The molecule has 0 spiro atoms. The van der Waals surface area contributed by atoms with Crippen LogP contribution in [-0.2, 0) is 0 Å². The van der Waals surface area contributed by atoms with Gasteiger partial charge in [-0.05, 0) is 133 Å². The van der Waals surface area contributed by atoms with Gasteiger partial charge < -0.3 is 9.32 Å². The maximum absolute atomic E-state index is 6.31. The fraction of sp³-hybridized carbons (Fsp3) is 0. The van der Waals surface area contributed by atoms with Gasteiger partial charge in [-0.2, -0.15) is 0 Å². The zero-order valence-electron chi connectivity index (χ0n) is 32.9. The van der Waals surface area contributed by atoms with Crippen LogP contribution in [0.25, 0.3) is 88.3 Å². The van der Waals surface area contributed by atoms with E-state index < -0.39 is 0 Å². The van der Waals surface area contributed by atoms with Crippen LogP contribution in [0.1, 0.15) is 0 Å². The third-order valence-corrected chi connectivity index (χ3v) is 11.7. The van der Waals surface area contributed by atoms with E-state index in [0.29, 0.717) is 0 Å².